The Morgan fingerprint density at radius 2 is 1.59 bits per heavy atom. The van der Waals surface area contributed by atoms with Crippen LogP contribution in [0.1, 0.15) is 89.7 Å². The zero-order valence-corrected chi connectivity index (χ0v) is 21.3. The lowest BCUT2D eigenvalue weighted by Gasteiger charge is -2.61. The van der Waals surface area contributed by atoms with E-state index in [1.165, 1.54) is 24.8 Å². The van der Waals surface area contributed by atoms with E-state index in [4.69, 9.17) is 0 Å². The Labute approximate surface area is 205 Å². The molecule has 0 bridgehead atoms. The van der Waals surface area contributed by atoms with E-state index < -0.39 is 0 Å². The Balaban J connectivity index is 1.19. The molecule has 1 spiro atoms. The second kappa shape index (κ2) is 10.0. The van der Waals surface area contributed by atoms with Crippen molar-refractivity contribution < 1.29 is 9.59 Å². The Kier molecular flexibility index (Phi) is 7.02. The van der Waals surface area contributed by atoms with Crippen LogP contribution in [-0.2, 0) is 9.59 Å². The summed E-state index contributed by atoms with van der Waals surface area (Å²) in [5.74, 6) is 1.26. The van der Waals surface area contributed by atoms with Crippen LogP contribution in [0.15, 0.2) is 30.3 Å². The first kappa shape index (κ1) is 23.8. The quantitative estimate of drug-likeness (QED) is 0.574. The molecule has 5 nitrogen and oxygen atoms in total. The lowest BCUT2D eigenvalue weighted by Crippen LogP contribution is -2.67. The molecule has 3 saturated heterocycles. The summed E-state index contributed by atoms with van der Waals surface area (Å²) < 4.78 is 0. The molecule has 3 aliphatic heterocycles. The number of hydrogen-bond acceptors (Lipinski definition) is 3. The molecule has 0 N–H and O–H groups in total. The van der Waals surface area contributed by atoms with Gasteiger partial charge in [0.05, 0.1) is 11.5 Å². The first-order valence-electron chi connectivity index (χ1n) is 13.9. The summed E-state index contributed by atoms with van der Waals surface area (Å²) in [4.78, 5) is 33.5. The maximum atomic E-state index is 13.6. The van der Waals surface area contributed by atoms with Crippen molar-refractivity contribution in [1.29, 1.82) is 0 Å². The van der Waals surface area contributed by atoms with Crippen molar-refractivity contribution in [2.75, 3.05) is 26.2 Å². The Morgan fingerprint density at radius 3 is 2.21 bits per heavy atom. The van der Waals surface area contributed by atoms with Crippen LogP contribution in [0.25, 0.3) is 0 Å². The van der Waals surface area contributed by atoms with Gasteiger partial charge in [-0.15, -0.1) is 0 Å². The molecule has 2 amide bonds. The van der Waals surface area contributed by atoms with Gasteiger partial charge < -0.3 is 14.7 Å². The van der Waals surface area contributed by atoms with Crippen molar-refractivity contribution in [1.82, 2.24) is 14.7 Å². The van der Waals surface area contributed by atoms with Crippen LogP contribution in [0.3, 0.4) is 0 Å². The summed E-state index contributed by atoms with van der Waals surface area (Å²) in [5.41, 5.74) is 1.13. The largest absolute Gasteiger partial charge is 0.343 e. The normalized spacial score (nSPS) is 26.8. The third-order valence-corrected chi connectivity index (χ3v) is 9.38. The molecule has 5 rings (SSSR count). The highest BCUT2D eigenvalue weighted by Crippen LogP contribution is 2.59. The predicted octanol–water partition coefficient (Wildman–Crippen LogP) is 5.02. The standard InChI is InChI=1S/C29H43N3O2/c1-22(2)30-17-11-23(12-18-30)21-26(33)31-19-13-25(14-20-31)32-27(24-9-5-3-6-10-24)29(28(32)34)15-7-4-8-16-29/h3,5-6,9-10,22-23,25,27H,4,7-8,11-21H2,1-2H3. The molecule has 1 aromatic rings. The average molecular weight is 466 g/mol. The zero-order valence-electron chi connectivity index (χ0n) is 21.3. The van der Waals surface area contributed by atoms with Crippen LogP contribution in [0.2, 0.25) is 0 Å². The minimum Gasteiger partial charge on any atom is -0.343 e. The van der Waals surface area contributed by atoms with Gasteiger partial charge in [0.1, 0.15) is 0 Å². The molecule has 5 heteroatoms. The van der Waals surface area contributed by atoms with Gasteiger partial charge in [-0.2, -0.15) is 0 Å². The van der Waals surface area contributed by atoms with Crippen LogP contribution >= 0.6 is 0 Å². The first-order valence-corrected chi connectivity index (χ1v) is 13.9. The van der Waals surface area contributed by atoms with Gasteiger partial charge in [0.15, 0.2) is 0 Å². The van der Waals surface area contributed by atoms with Crippen LogP contribution in [-0.4, -0.2) is 64.8 Å². The van der Waals surface area contributed by atoms with Gasteiger partial charge in [0.25, 0.3) is 0 Å². The highest BCUT2D eigenvalue weighted by Gasteiger charge is 2.62. The topological polar surface area (TPSA) is 43.9 Å². The van der Waals surface area contributed by atoms with E-state index in [0.717, 1.165) is 64.7 Å². The summed E-state index contributed by atoms with van der Waals surface area (Å²) >= 11 is 0. The molecular formula is C29H43N3O2. The molecule has 0 aromatic heterocycles. The van der Waals surface area contributed by atoms with Crippen LogP contribution in [0.4, 0.5) is 0 Å². The van der Waals surface area contributed by atoms with Crippen LogP contribution in [0.5, 0.6) is 0 Å². The summed E-state index contributed by atoms with van der Waals surface area (Å²) in [7, 11) is 0. The molecule has 4 aliphatic rings. The summed E-state index contributed by atoms with van der Waals surface area (Å²) in [5, 5.41) is 0. The van der Waals surface area contributed by atoms with E-state index in [-0.39, 0.29) is 17.5 Å². The lowest BCUT2D eigenvalue weighted by molar-refractivity contribution is -0.186. The van der Waals surface area contributed by atoms with Crippen molar-refractivity contribution in [2.24, 2.45) is 11.3 Å². The van der Waals surface area contributed by atoms with Crippen molar-refractivity contribution in [3.05, 3.63) is 35.9 Å². The predicted molar refractivity (Wildman–Crippen MR) is 135 cm³/mol. The number of nitrogens with zero attached hydrogens (tertiary/aromatic N) is 3. The van der Waals surface area contributed by atoms with Crippen LogP contribution < -0.4 is 0 Å². The first-order chi connectivity index (χ1) is 16.5. The third-order valence-electron chi connectivity index (χ3n) is 9.38. The Bertz CT molecular complexity index is 847. The number of likely N-dealkylation sites (tertiary alicyclic amines) is 3. The van der Waals surface area contributed by atoms with E-state index in [0.29, 0.717) is 30.2 Å². The van der Waals surface area contributed by atoms with Gasteiger partial charge in [0, 0.05) is 31.6 Å². The molecule has 34 heavy (non-hydrogen) atoms. The van der Waals surface area contributed by atoms with Crippen LogP contribution in [0, 0.1) is 11.3 Å². The minimum atomic E-state index is -0.169. The van der Waals surface area contributed by atoms with E-state index in [9.17, 15) is 9.59 Å². The van der Waals surface area contributed by atoms with Crippen molar-refractivity contribution >= 4 is 11.8 Å². The fourth-order valence-electron chi connectivity index (χ4n) is 7.30. The number of piperidine rings is 2. The number of carbonyl (C=O) groups excluding carboxylic acids is 2. The number of carbonyl (C=O) groups is 2. The molecular weight excluding hydrogens is 422 g/mol. The van der Waals surface area contributed by atoms with Gasteiger partial charge in [-0.25, -0.2) is 0 Å². The Morgan fingerprint density at radius 1 is 0.941 bits per heavy atom. The molecule has 1 unspecified atom stereocenters. The molecule has 1 atom stereocenters. The second-order valence-electron chi connectivity index (χ2n) is 11.6. The smallest absolute Gasteiger partial charge is 0.232 e. The maximum absolute atomic E-state index is 13.6. The van der Waals surface area contributed by atoms with E-state index >= 15 is 0 Å². The second-order valence-corrected chi connectivity index (χ2v) is 11.6. The third kappa shape index (κ3) is 4.41. The molecule has 1 saturated carbocycles. The van der Waals surface area contributed by atoms with Gasteiger partial charge in [-0.1, -0.05) is 49.6 Å². The highest BCUT2D eigenvalue weighted by atomic mass is 16.2. The van der Waals surface area contributed by atoms with Crippen molar-refractivity contribution in [2.45, 2.75) is 96.2 Å². The minimum absolute atomic E-state index is 0.169. The van der Waals surface area contributed by atoms with Crippen molar-refractivity contribution in [3.8, 4) is 0 Å². The van der Waals surface area contributed by atoms with E-state index in [1.54, 1.807) is 0 Å². The molecule has 1 aromatic carbocycles. The van der Waals surface area contributed by atoms with E-state index in [2.05, 4.69) is 58.9 Å². The van der Waals surface area contributed by atoms with Gasteiger partial charge in [0.2, 0.25) is 11.8 Å². The zero-order chi connectivity index (χ0) is 23.7. The molecule has 4 fully saturated rings. The Hall–Kier alpha value is -1.88. The van der Waals surface area contributed by atoms with Gasteiger partial charge in [-0.05, 0) is 76.9 Å². The fourth-order valence-corrected chi connectivity index (χ4v) is 7.30. The maximum Gasteiger partial charge on any atom is 0.232 e. The fraction of sp³-hybridized carbons (Fsp3) is 0.724. The van der Waals surface area contributed by atoms with E-state index in [1.807, 2.05) is 0 Å². The highest BCUT2D eigenvalue weighted by molar-refractivity contribution is 5.91. The SMILES string of the molecule is CC(C)N1CCC(CC(=O)N2CCC(N3C(=O)C4(CCCCC4)C3c3ccccc3)CC2)CC1. The number of rotatable bonds is 5. The average Bonchev–Trinajstić information content (AvgIpc) is 2.88. The molecule has 0 radical (unpaired) electrons. The van der Waals surface area contributed by atoms with Gasteiger partial charge in [-0.3, -0.25) is 9.59 Å². The molecule has 186 valence electrons. The summed E-state index contributed by atoms with van der Waals surface area (Å²) in [6.07, 6.45) is 10.5. The number of β-lactam (4-membered cyclic amide) rings is 1. The number of hydrogen-bond donors (Lipinski definition) is 0. The monoisotopic (exact) mass is 465 g/mol. The molecule has 3 heterocycles. The molecule has 1 aliphatic carbocycles. The number of amides is 2. The summed E-state index contributed by atoms with van der Waals surface area (Å²) in [6, 6.07) is 11.8. The number of benzene rings is 1. The lowest BCUT2D eigenvalue weighted by atomic mass is 9.59. The van der Waals surface area contributed by atoms with Crippen molar-refractivity contribution in [3.63, 3.8) is 0 Å². The van der Waals surface area contributed by atoms with Gasteiger partial charge >= 0.3 is 0 Å². The summed E-state index contributed by atoms with van der Waals surface area (Å²) in [6.45, 7) is 8.36.